The minimum absolute atomic E-state index is 0.0852. The molecule has 8 heteroatoms. The average molecular weight is 469 g/mol. The fraction of sp³-hybridized carbons (Fsp3) is 0.462. The molecule has 1 amide bonds. The summed E-state index contributed by atoms with van der Waals surface area (Å²) in [5.41, 5.74) is 2.36. The van der Waals surface area contributed by atoms with Crippen molar-refractivity contribution in [3.63, 3.8) is 0 Å². The summed E-state index contributed by atoms with van der Waals surface area (Å²) in [6.45, 7) is 5.17. The Morgan fingerprint density at radius 2 is 1.91 bits per heavy atom. The number of amides is 1. The van der Waals surface area contributed by atoms with Crippen LogP contribution in [0.2, 0.25) is 0 Å². The third kappa shape index (κ3) is 6.79. The zero-order chi connectivity index (χ0) is 24.7. The lowest BCUT2D eigenvalue weighted by Gasteiger charge is -2.21. The topological polar surface area (TPSA) is 104 Å². The number of nitrogens with zero attached hydrogens (tertiary/aromatic N) is 1. The third-order valence-electron chi connectivity index (χ3n) is 5.87. The molecule has 1 fully saturated rings. The lowest BCUT2D eigenvalue weighted by molar-refractivity contribution is -0.151. The van der Waals surface area contributed by atoms with Crippen molar-refractivity contribution >= 4 is 17.8 Å². The first-order chi connectivity index (χ1) is 16.3. The summed E-state index contributed by atoms with van der Waals surface area (Å²) in [6.07, 6.45) is 4.89. The molecule has 1 aliphatic rings. The number of ether oxygens (including phenoxy) is 3. The number of hydrogen-bond acceptors (Lipinski definition) is 7. The standard InChI is InChI=1S/C26H32N2O6/c1-16-8-10-19(11-9-16)15-20-6-5-7-21(26(31)33-17(2)14-20)28-25(30)23-24(34-18(3)29)22(32-4)12-13-27-23/h8-13,17,20-21H,5-7,14-15H2,1-4H3,(H,28,30)/t17?,20?,21-/m0/s1. The van der Waals surface area contributed by atoms with Crippen LogP contribution in [0.15, 0.2) is 36.5 Å². The number of nitrogens with one attached hydrogen (secondary N) is 1. The molecule has 2 heterocycles. The molecule has 1 N–H and O–H groups in total. The molecule has 2 unspecified atom stereocenters. The monoisotopic (exact) mass is 468 g/mol. The van der Waals surface area contributed by atoms with Gasteiger partial charge in [0.05, 0.1) is 13.2 Å². The quantitative estimate of drug-likeness (QED) is 0.643. The molecule has 1 aliphatic heterocycles. The second-order valence-corrected chi connectivity index (χ2v) is 8.78. The van der Waals surface area contributed by atoms with Gasteiger partial charge in [0.15, 0.2) is 11.4 Å². The fourth-order valence-electron chi connectivity index (χ4n) is 4.24. The third-order valence-corrected chi connectivity index (χ3v) is 5.87. The maximum absolute atomic E-state index is 13.0. The van der Waals surface area contributed by atoms with Gasteiger partial charge >= 0.3 is 11.9 Å². The highest BCUT2D eigenvalue weighted by molar-refractivity contribution is 5.98. The molecule has 3 atom stereocenters. The number of aryl methyl sites for hydroxylation is 1. The van der Waals surface area contributed by atoms with Gasteiger partial charge in [-0.05, 0) is 51.0 Å². The van der Waals surface area contributed by atoms with Crippen LogP contribution in [0.25, 0.3) is 0 Å². The van der Waals surface area contributed by atoms with Crippen molar-refractivity contribution < 1.29 is 28.6 Å². The summed E-state index contributed by atoms with van der Waals surface area (Å²) >= 11 is 0. The first-order valence-corrected chi connectivity index (χ1v) is 11.5. The van der Waals surface area contributed by atoms with Crippen LogP contribution in [0.4, 0.5) is 0 Å². The smallest absolute Gasteiger partial charge is 0.328 e. The molecule has 2 aromatic rings. The van der Waals surface area contributed by atoms with E-state index < -0.39 is 23.9 Å². The van der Waals surface area contributed by atoms with Crippen LogP contribution in [0.1, 0.15) is 61.1 Å². The second-order valence-electron chi connectivity index (χ2n) is 8.78. The Balaban J connectivity index is 1.71. The highest BCUT2D eigenvalue weighted by Gasteiger charge is 2.30. The minimum atomic E-state index is -0.828. The predicted molar refractivity (Wildman–Crippen MR) is 126 cm³/mol. The molecule has 1 aromatic carbocycles. The molecule has 0 aliphatic carbocycles. The van der Waals surface area contributed by atoms with Crippen LogP contribution in [-0.4, -0.2) is 42.1 Å². The number of aromatic nitrogens is 1. The number of carbonyl (C=O) groups excluding carboxylic acids is 3. The molecule has 3 rings (SSSR count). The molecule has 1 saturated heterocycles. The van der Waals surface area contributed by atoms with Crippen molar-refractivity contribution in [2.24, 2.45) is 5.92 Å². The Kier molecular flexibility index (Phi) is 8.62. The molecular weight excluding hydrogens is 436 g/mol. The maximum Gasteiger partial charge on any atom is 0.328 e. The van der Waals surface area contributed by atoms with Crippen LogP contribution in [0.3, 0.4) is 0 Å². The fourth-order valence-corrected chi connectivity index (χ4v) is 4.24. The summed E-state index contributed by atoms with van der Waals surface area (Å²) in [5.74, 6) is -1.25. The molecule has 1 aromatic heterocycles. The first kappa shape index (κ1) is 25.2. The first-order valence-electron chi connectivity index (χ1n) is 11.5. The van der Waals surface area contributed by atoms with Crippen molar-refractivity contribution in [1.29, 1.82) is 0 Å². The van der Waals surface area contributed by atoms with Crippen LogP contribution < -0.4 is 14.8 Å². The van der Waals surface area contributed by atoms with Crippen LogP contribution in [0, 0.1) is 12.8 Å². The van der Waals surface area contributed by atoms with Crippen molar-refractivity contribution in [3.8, 4) is 11.5 Å². The summed E-state index contributed by atoms with van der Waals surface area (Å²) in [5, 5.41) is 2.71. The van der Waals surface area contributed by atoms with Crippen molar-refractivity contribution in [1.82, 2.24) is 10.3 Å². The van der Waals surface area contributed by atoms with Gasteiger partial charge < -0.3 is 19.5 Å². The second kappa shape index (κ2) is 11.6. The highest BCUT2D eigenvalue weighted by atomic mass is 16.6. The Morgan fingerprint density at radius 3 is 2.59 bits per heavy atom. The minimum Gasteiger partial charge on any atom is -0.493 e. The lowest BCUT2D eigenvalue weighted by Crippen LogP contribution is -2.43. The molecule has 34 heavy (non-hydrogen) atoms. The van der Waals surface area contributed by atoms with Crippen molar-refractivity contribution in [2.75, 3.05) is 7.11 Å². The van der Waals surface area contributed by atoms with Gasteiger partial charge in [0.2, 0.25) is 5.75 Å². The van der Waals surface area contributed by atoms with E-state index >= 15 is 0 Å². The normalized spacial score (nSPS) is 20.8. The number of benzene rings is 1. The van der Waals surface area contributed by atoms with Gasteiger partial charge in [-0.2, -0.15) is 0 Å². The Labute approximate surface area is 200 Å². The average Bonchev–Trinajstić information content (AvgIpc) is 2.84. The molecule has 182 valence electrons. The number of carbonyl (C=O) groups is 3. The van der Waals surface area contributed by atoms with Gasteiger partial charge in [-0.25, -0.2) is 9.78 Å². The molecule has 0 radical (unpaired) electrons. The van der Waals surface area contributed by atoms with Gasteiger partial charge in [0.1, 0.15) is 6.04 Å². The van der Waals surface area contributed by atoms with Gasteiger partial charge in [0, 0.05) is 19.2 Å². The number of rotatable bonds is 6. The van der Waals surface area contributed by atoms with Crippen LogP contribution in [0.5, 0.6) is 11.5 Å². The van der Waals surface area contributed by atoms with E-state index in [0.29, 0.717) is 12.3 Å². The van der Waals surface area contributed by atoms with Gasteiger partial charge in [0.25, 0.3) is 5.91 Å². The van der Waals surface area contributed by atoms with E-state index in [-0.39, 0.29) is 23.3 Å². The predicted octanol–water partition coefficient (Wildman–Crippen LogP) is 3.79. The van der Waals surface area contributed by atoms with Crippen LogP contribution in [-0.2, 0) is 20.7 Å². The summed E-state index contributed by atoms with van der Waals surface area (Å²) in [6, 6.07) is 9.16. The molecule has 0 bridgehead atoms. The van der Waals surface area contributed by atoms with E-state index in [9.17, 15) is 14.4 Å². The summed E-state index contributed by atoms with van der Waals surface area (Å²) in [4.78, 5) is 41.4. The van der Waals surface area contributed by atoms with E-state index in [1.807, 2.05) is 6.92 Å². The number of hydrogen-bond donors (Lipinski definition) is 1. The van der Waals surface area contributed by atoms with E-state index in [1.165, 1.54) is 37.4 Å². The number of esters is 2. The number of pyridine rings is 1. The Morgan fingerprint density at radius 1 is 1.18 bits per heavy atom. The summed E-state index contributed by atoms with van der Waals surface area (Å²) < 4.78 is 16.0. The lowest BCUT2D eigenvalue weighted by atomic mass is 9.89. The van der Waals surface area contributed by atoms with Crippen molar-refractivity contribution in [3.05, 3.63) is 53.3 Å². The van der Waals surface area contributed by atoms with Crippen LogP contribution >= 0.6 is 0 Å². The van der Waals surface area contributed by atoms with Gasteiger partial charge in [-0.3, -0.25) is 9.59 Å². The zero-order valence-corrected chi connectivity index (χ0v) is 20.1. The number of cyclic esters (lactones) is 1. The van der Waals surface area contributed by atoms with Crippen molar-refractivity contribution in [2.45, 2.75) is 65.0 Å². The molecule has 8 nitrogen and oxygen atoms in total. The van der Waals surface area contributed by atoms with Gasteiger partial charge in [-0.1, -0.05) is 36.2 Å². The molecule has 0 saturated carbocycles. The van der Waals surface area contributed by atoms with E-state index in [0.717, 1.165) is 25.7 Å². The van der Waals surface area contributed by atoms with E-state index in [4.69, 9.17) is 14.2 Å². The largest absolute Gasteiger partial charge is 0.493 e. The van der Waals surface area contributed by atoms with E-state index in [2.05, 4.69) is 41.5 Å². The molecule has 0 spiro atoms. The maximum atomic E-state index is 13.0. The number of methoxy groups -OCH3 is 1. The van der Waals surface area contributed by atoms with Gasteiger partial charge in [-0.15, -0.1) is 0 Å². The Hall–Kier alpha value is -3.42. The highest BCUT2D eigenvalue weighted by Crippen LogP contribution is 2.30. The zero-order valence-electron chi connectivity index (χ0n) is 20.1. The summed E-state index contributed by atoms with van der Waals surface area (Å²) in [7, 11) is 1.40. The van der Waals surface area contributed by atoms with E-state index in [1.54, 1.807) is 0 Å². The Bertz CT molecular complexity index is 1020. The molecular formula is C26H32N2O6. The SMILES string of the molecule is COc1ccnc(C(=O)N[C@H]2CCCC(Cc3ccc(C)cc3)CC(C)OC2=O)c1OC(C)=O.